The fourth-order valence-corrected chi connectivity index (χ4v) is 2.91. The molecule has 0 saturated carbocycles. The van der Waals surface area contributed by atoms with Crippen LogP contribution in [0.4, 0.5) is 0 Å². The molecular weight excluding hydrogens is 340 g/mol. The maximum atomic E-state index is 13.0. The topological polar surface area (TPSA) is 58.6 Å². The highest BCUT2D eigenvalue weighted by Gasteiger charge is 2.25. The maximum absolute atomic E-state index is 13.0. The zero-order valence-electron chi connectivity index (χ0n) is 16.3. The molecule has 0 aliphatic rings. The van der Waals surface area contributed by atoms with E-state index in [4.69, 9.17) is 4.74 Å². The minimum absolute atomic E-state index is 0.0603. The average molecular weight is 368 g/mol. The molecular formula is C22H28N2O3. The number of likely N-dealkylation sites (N-methyl/N-ethyl adjacent to an activating group) is 1. The van der Waals surface area contributed by atoms with E-state index in [9.17, 15) is 9.59 Å². The number of nitrogens with one attached hydrogen (secondary N) is 1. The number of hydrogen-bond donors (Lipinski definition) is 1. The second-order valence-corrected chi connectivity index (χ2v) is 6.42. The van der Waals surface area contributed by atoms with Crippen LogP contribution >= 0.6 is 0 Å². The SMILES string of the molecule is CCNC(=O)[C@H](C)N(CCc1ccccc1)C(=O)Cc1ccc(OC)cc1. The smallest absolute Gasteiger partial charge is 0.242 e. The van der Waals surface area contributed by atoms with Gasteiger partial charge in [-0.2, -0.15) is 0 Å². The standard InChI is InChI=1S/C22H28N2O3/c1-4-23-22(26)17(2)24(15-14-18-8-6-5-7-9-18)21(25)16-19-10-12-20(27-3)13-11-19/h5-13,17H,4,14-16H2,1-3H3,(H,23,26)/t17-/m0/s1. The number of benzene rings is 2. The number of nitrogens with zero attached hydrogens (tertiary/aromatic N) is 1. The first-order valence-corrected chi connectivity index (χ1v) is 9.29. The molecule has 1 N–H and O–H groups in total. The van der Waals surface area contributed by atoms with Gasteiger partial charge in [-0.3, -0.25) is 9.59 Å². The summed E-state index contributed by atoms with van der Waals surface area (Å²) in [5.74, 6) is 0.561. The van der Waals surface area contributed by atoms with Crippen LogP contribution < -0.4 is 10.1 Å². The summed E-state index contributed by atoms with van der Waals surface area (Å²) >= 11 is 0. The summed E-state index contributed by atoms with van der Waals surface area (Å²) < 4.78 is 5.16. The van der Waals surface area contributed by atoms with Crippen molar-refractivity contribution in [1.82, 2.24) is 10.2 Å². The Morgan fingerprint density at radius 1 is 1.04 bits per heavy atom. The zero-order valence-corrected chi connectivity index (χ0v) is 16.3. The van der Waals surface area contributed by atoms with Crippen LogP contribution in [0.25, 0.3) is 0 Å². The Hall–Kier alpha value is -2.82. The van der Waals surface area contributed by atoms with Crippen molar-refractivity contribution in [2.24, 2.45) is 0 Å². The number of rotatable bonds is 9. The van der Waals surface area contributed by atoms with Crippen molar-refractivity contribution in [2.75, 3.05) is 20.2 Å². The molecule has 0 radical (unpaired) electrons. The molecule has 5 nitrogen and oxygen atoms in total. The third-order valence-electron chi connectivity index (χ3n) is 4.52. The monoisotopic (exact) mass is 368 g/mol. The van der Waals surface area contributed by atoms with E-state index in [1.54, 1.807) is 18.9 Å². The molecule has 0 bridgehead atoms. The molecule has 5 heteroatoms. The van der Waals surface area contributed by atoms with Crippen molar-refractivity contribution in [3.63, 3.8) is 0 Å². The van der Waals surface area contributed by atoms with Crippen LogP contribution in [0.2, 0.25) is 0 Å². The highest BCUT2D eigenvalue weighted by atomic mass is 16.5. The lowest BCUT2D eigenvalue weighted by atomic mass is 10.1. The van der Waals surface area contributed by atoms with Gasteiger partial charge in [0.1, 0.15) is 11.8 Å². The van der Waals surface area contributed by atoms with Crippen molar-refractivity contribution >= 4 is 11.8 Å². The Labute approximate surface area is 161 Å². The number of methoxy groups -OCH3 is 1. The number of carbonyl (C=O) groups is 2. The summed E-state index contributed by atoms with van der Waals surface area (Å²) in [7, 11) is 1.61. The Kier molecular flexibility index (Phi) is 7.86. The molecule has 0 aromatic heterocycles. The van der Waals surface area contributed by atoms with Gasteiger partial charge in [-0.05, 0) is 43.5 Å². The Balaban J connectivity index is 2.10. The summed E-state index contributed by atoms with van der Waals surface area (Å²) in [5, 5.41) is 2.81. The molecule has 144 valence electrons. The van der Waals surface area contributed by atoms with E-state index < -0.39 is 6.04 Å². The van der Waals surface area contributed by atoms with E-state index in [1.807, 2.05) is 61.5 Å². The van der Waals surface area contributed by atoms with Crippen molar-refractivity contribution in [3.8, 4) is 5.75 Å². The summed E-state index contributed by atoms with van der Waals surface area (Å²) in [5.41, 5.74) is 2.04. The van der Waals surface area contributed by atoms with Crippen LogP contribution in [0.1, 0.15) is 25.0 Å². The molecule has 0 aliphatic carbocycles. The molecule has 1 atom stereocenters. The van der Waals surface area contributed by atoms with Gasteiger partial charge in [-0.1, -0.05) is 42.5 Å². The molecule has 0 fully saturated rings. The quantitative estimate of drug-likeness (QED) is 0.740. The van der Waals surface area contributed by atoms with Crippen molar-refractivity contribution in [1.29, 1.82) is 0 Å². The van der Waals surface area contributed by atoms with Crippen LogP contribution in [0.3, 0.4) is 0 Å². The van der Waals surface area contributed by atoms with Gasteiger partial charge in [-0.15, -0.1) is 0 Å². The summed E-state index contributed by atoms with van der Waals surface area (Å²) in [6.45, 7) is 4.69. The predicted octanol–water partition coefficient (Wildman–Crippen LogP) is 2.83. The minimum Gasteiger partial charge on any atom is -0.497 e. The highest BCUT2D eigenvalue weighted by molar-refractivity contribution is 5.88. The highest BCUT2D eigenvalue weighted by Crippen LogP contribution is 2.14. The first-order chi connectivity index (χ1) is 13.0. The summed E-state index contributed by atoms with van der Waals surface area (Å²) in [4.78, 5) is 26.9. The van der Waals surface area contributed by atoms with Crippen molar-refractivity contribution in [3.05, 3.63) is 65.7 Å². The van der Waals surface area contributed by atoms with Gasteiger partial charge >= 0.3 is 0 Å². The van der Waals surface area contributed by atoms with Crippen LogP contribution in [0.15, 0.2) is 54.6 Å². The molecule has 0 unspecified atom stereocenters. The van der Waals surface area contributed by atoms with Crippen molar-refractivity contribution < 1.29 is 14.3 Å². The number of ether oxygens (including phenoxy) is 1. The zero-order chi connectivity index (χ0) is 19.6. The Morgan fingerprint density at radius 2 is 1.70 bits per heavy atom. The van der Waals surface area contributed by atoms with E-state index in [1.165, 1.54) is 0 Å². The molecule has 2 amide bonds. The Morgan fingerprint density at radius 3 is 2.30 bits per heavy atom. The van der Waals surface area contributed by atoms with Crippen LogP contribution in [0.5, 0.6) is 5.75 Å². The minimum atomic E-state index is -0.514. The molecule has 0 aliphatic heterocycles. The van der Waals surface area contributed by atoms with Gasteiger partial charge in [0.05, 0.1) is 13.5 Å². The lowest BCUT2D eigenvalue weighted by Gasteiger charge is -2.28. The fraction of sp³-hybridized carbons (Fsp3) is 0.364. The molecule has 0 spiro atoms. The third kappa shape index (κ3) is 6.13. The van der Waals surface area contributed by atoms with Gasteiger partial charge < -0.3 is 15.0 Å². The normalized spacial score (nSPS) is 11.5. The van der Waals surface area contributed by atoms with Gasteiger partial charge in [0, 0.05) is 13.1 Å². The molecule has 0 heterocycles. The Bertz CT molecular complexity index is 729. The molecule has 27 heavy (non-hydrogen) atoms. The molecule has 0 saturated heterocycles. The number of amides is 2. The molecule has 2 rings (SSSR count). The predicted molar refractivity (Wildman–Crippen MR) is 107 cm³/mol. The van der Waals surface area contributed by atoms with Gasteiger partial charge in [-0.25, -0.2) is 0 Å². The van der Waals surface area contributed by atoms with E-state index >= 15 is 0 Å². The third-order valence-corrected chi connectivity index (χ3v) is 4.52. The second-order valence-electron chi connectivity index (χ2n) is 6.42. The van der Waals surface area contributed by atoms with Crippen LogP contribution in [0, 0.1) is 0 Å². The first-order valence-electron chi connectivity index (χ1n) is 9.29. The van der Waals surface area contributed by atoms with E-state index in [-0.39, 0.29) is 18.2 Å². The van der Waals surface area contributed by atoms with Crippen LogP contribution in [-0.2, 0) is 22.4 Å². The maximum Gasteiger partial charge on any atom is 0.242 e. The first kappa shape index (κ1) is 20.5. The fourth-order valence-electron chi connectivity index (χ4n) is 2.91. The lowest BCUT2D eigenvalue weighted by Crippen LogP contribution is -2.49. The second kappa shape index (κ2) is 10.4. The number of hydrogen-bond acceptors (Lipinski definition) is 3. The largest absolute Gasteiger partial charge is 0.497 e. The lowest BCUT2D eigenvalue weighted by molar-refractivity contribution is -0.139. The van der Waals surface area contributed by atoms with E-state index in [2.05, 4.69) is 5.32 Å². The number of carbonyl (C=O) groups excluding carboxylic acids is 2. The average Bonchev–Trinajstić information content (AvgIpc) is 2.69. The van der Waals surface area contributed by atoms with Gasteiger partial charge in [0.2, 0.25) is 11.8 Å². The summed E-state index contributed by atoms with van der Waals surface area (Å²) in [6.07, 6.45) is 0.960. The van der Waals surface area contributed by atoms with Gasteiger partial charge in [0.25, 0.3) is 0 Å². The van der Waals surface area contributed by atoms with Crippen molar-refractivity contribution in [2.45, 2.75) is 32.7 Å². The van der Waals surface area contributed by atoms with E-state index in [0.717, 1.165) is 16.9 Å². The van der Waals surface area contributed by atoms with Crippen LogP contribution in [-0.4, -0.2) is 43.0 Å². The molecule has 2 aromatic rings. The summed E-state index contributed by atoms with van der Waals surface area (Å²) in [6, 6.07) is 16.9. The van der Waals surface area contributed by atoms with E-state index in [0.29, 0.717) is 19.5 Å². The van der Waals surface area contributed by atoms with Gasteiger partial charge in [0.15, 0.2) is 0 Å². The molecule has 2 aromatic carbocycles.